The molecule has 0 radical (unpaired) electrons. The van der Waals surface area contributed by atoms with Crippen molar-refractivity contribution in [2.24, 2.45) is 7.05 Å². The van der Waals surface area contributed by atoms with Gasteiger partial charge in [0.1, 0.15) is 5.82 Å². The third-order valence-corrected chi connectivity index (χ3v) is 3.82. The second kappa shape index (κ2) is 5.16. The second-order valence-electron chi connectivity index (χ2n) is 5.10. The summed E-state index contributed by atoms with van der Waals surface area (Å²) >= 11 is 0. The van der Waals surface area contributed by atoms with Gasteiger partial charge in [-0.3, -0.25) is 14.3 Å². The third kappa shape index (κ3) is 2.36. The van der Waals surface area contributed by atoms with Crippen LogP contribution in [0.25, 0.3) is 0 Å². The number of nitrogens with zero attached hydrogens (tertiary/aromatic N) is 6. The Balaban J connectivity index is 1.75. The first kappa shape index (κ1) is 13.0. The van der Waals surface area contributed by atoms with Gasteiger partial charge in [0.05, 0.1) is 30.2 Å². The SMILES string of the molecule is Cc1nc2c(c(=O)n1C)CN(CCn1nccn1)CC2. The molecule has 0 aromatic carbocycles. The van der Waals surface area contributed by atoms with Crippen molar-refractivity contribution in [1.29, 1.82) is 0 Å². The molecule has 0 spiro atoms. The molecular formula is C13H18N6O. The molecule has 0 bridgehead atoms. The molecule has 1 aliphatic heterocycles. The molecule has 0 amide bonds. The van der Waals surface area contributed by atoms with Crippen LogP contribution >= 0.6 is 0 Å². The molecule has 3 heterocycles. The molecule has 106 valence electrons. The Morgan fingerprint density at radius 2 is 2.00 bits per heavy atom. The summed E-state index contributed by atoms with van der Waals surface area (Å²) in [4.78, 5) is 20.7. The van der Waals surface area contributed by atoms with Crippen LogP contribution in [0.2, 0.25) is 0 Å². The molecular weight excluding hydrogens is 256 g/mol. The van der Waals surface area contributed by atoms with Crippen LogP contribution in [0.1, 0.15) is 17.1 Å². The van der Waals surface area contributed by atoms with Crippen molar-refractivity contribution in [3.05, 3.63) is 39.8 Å². The van der Waals surface area contributed by atoms with Crippen LogP contribution in [0.3, 0.4) is 0 Å². The summed E-state index contributed by atoms with van der Waals surface area (Å²) in [6.07, 6.45) is 4.18. The van der Waals surface area contributed by atoms with Crippen molar-refractivity contribution in [1.82, 2.24) is 29.4 Å². The lowest BCUT2D eigenvalue weighted by atomic mass is 10.1. The molecule has 7 heteroatoms. The molecule has 20 heavy (non-hydrogen) atoms. The summed E-state index contributed by atoms with van der Waals surface area (Å²) in [7, 11) is 1.78. The van der Waals surface area contributed by atoms with Gasteiger partial charge in [-0.2, -0.15) is 15.0 Å². The Hall–Kier alpha value is -2.02. The molecule has 0 fully saturated rings. The summed E-state index contributed by atoms with van der Waals surface area (Å²) in [5.74, 6) is 0.781. The Morgan fingerprint density at radius 3 is 2.75 bits per heavy atom. The fraction of sp³-hybridized carbons (Fsp3) is 0.538. The van der Waals surface area contributed by atoms with Gasteiger partial charge >= 0.3 is 0 Å². The van der Waals surface area contributed by atoms with Gasteiger partial charge in [0.25, 0.3) is 5.56 Å². The van der Waals surface area contributed by atoms with Gasteiger partial charge in [-0.15, -0.1) is 0 Å². The van der Waals surface area contributed by atoms with Gasteiger partial charge in [-0.05, 0) is 6.92 Å². The Labute approximate surface area is 116 Å². The average molecular weight is 274 g/mol. The minimum Gasteiger partial charge on any atom is -0.300 e. The predicted octanol–water partition coefficient (Wildman–Crippen LogP) is -0.261. The van der Waals surface area contributed by atoms with E-state index in [2.05, 4.69) is 20.1 Å². The first-order valence-corrected chi connectivity index (χ1v) is 6.77. The average Bonchev–Trinajstić information content (AvgIpc) is 2.96. The number of hydrogen-bond donors (Lipinski definition) is 0. The largest absolute Gasteiger partial charge is 0.300 e. The maximum Gasteiger partial charge on any atom is 0.257 e. The minimum atomic E-state index is 0.0782. The summed E-state index contributed by atoms with van der Waals surface area (Å²) in [6, 6.07) is 0. The normalized spacial score (nSPS) is 15.3. The molecule has 2 aromatic rings. The van der Waals surface area contributed by atoms with E-state index in [1.54, 1.807) is 28.8 Å². The molecule has 1 aliphatic rings. The zero-order valence-electron chi connectivity index (χ0n) is 11.8. The maximum absolute atomic E-state index is 12.3. The lowest BCUT2D eigenvalue weighted by Gasteiger charge is -2.27. The first-order valence-electron chi connectivity index (χ1n) is 6.77. The van der Waals surface area contributed by atoms with Gasteiger partial charge < -0.3 is 0 Å². The van der Waals surface area contributed by atoms with Crippen LogP contribution in [0.15, 0.2) is 17.2 Å². The van der Waals surface area contributed by atoms with E-state index in [9.17, 15) is 4.79 Å². The van der Waals surface area contributed by atoms with Crippen molar-refractivity contribution >= 4 is 0 Å². The van der Waals surface area contributed by atoms with Gasteiger partial charge in [-0.1, -0.05) is 0 Å². The monoisotopic (exact) mass is 274 g/mol. The summed E-state index contributed by atoms with van der Waals surface area (Å²) in [6.45, 7) is 5.04. The van der Waals surface area contributed by atoms with Gasteiger partial charge in [0.15, 0.2) is 0 Å². The molecule has 0 saturated carbocycles. The highest BCUT2D eigenvalue weighted by Gasteiger charge is 2.21. The Bertz CT molecular complexity index is 660. The van der Waals surface area contributed by atoms with E-state index in [4.69, 9.17) is 0 Å². The zero-order valence-corrected chi connectivity index (χ0v) is 11.8. The topological polar surface area (TPSA) is 68.8 Å². The third-order valence-electron chi connectivity index (χ3n) is 3.82. The van der Waals surface area contributed by atoms with E-state index in [0.29, 0.717) is 6.54 Å². The van der Waals surface area contributed by atoms with E-state index in [1.807, 2.05) is 6.92 Å². The van der Waals surface area contributed by atoms with Crippen LogP contribution in [0.5, 0.6) is 0 Å². The summed E-state index contributed by atoms with van der Waals surface area (Å²) < 4.78 is 1.62. The van der Waals surface area contributed by atoms with Crippen molar-refractivity contribution < 1.29 is 0 Å². The second-order valence-corrected chi connectivity index (χ2v) is 5.10. The van der Waals surface area contributed by atoms with E-state index in [1.165, 1.54) is 0 Å². The van der Waals surface area contributed by atoms with Crippen molar-refractivity contribution in [3.63, 3.8) is 0 Å². The highest BCUT2D eigenvalue weighted by atomic mass is 16.1. The van der Waals surface area contributed by atoms with Crippen LogP contribution in [-0.2, 0) is 26.6 Å². The quantitative estimate of drug-likeness (QED) is 0.771. The highest BCUT2D eigenvalue weighted by molar-refractivity contribution is 5.21. The van der Waals surface area contributed by atoms with E-state index in [-0.39, 0.29) is 5.56 Å². The molecule has 0 N–H and O–H groups in total. The predicted molar refractivity (Wildman–Crippen MR) is 73.2 cm³/mol. The van der Waals surface area contributed by atoms with Gasteiger partial charge in [-0.25, -0.2) is 4.98 Å². The van der Waals surface area contributed by atoms with Crippen molar-refractivity contribution in [2.45, 2.75) is 26.4 Å². The van der Waals surface area contributed by atoms with Crippen molar-refractivity contribution in [3.8, 4) is 0 Å². The Morgan fingerprint density at radius 1 is 1.25 bits per heavy atom. The van der Waals surface area contributed by atoms with E-state index in [0.717, 1.165) is 43.1 Å². The lowest BCUT2D eigenvalue weighted by molar-refractivity contribution is 0.231. The van der Waals surface area contributed by atoms with Crippen LogP contribution in [-0.4, -0.2) is 42.5 Å². The van der Waals surface area contributed by atoms with E-state index >= 15 is 0 Å². The number of hydrogen-bond acceptors (Lipinski definition) is 5. The van der Waals surface area contributed by atoms with E-state index < -0.39 is 0 Å². The Kier molecular flexibility index (Phi) is 3.35. The van der Waals surface area contributed by atoms with Crippen LogP contribution in [0, 0.1) is 6.92 Å². The molecule has 0 atom stereocenters. The summed E-state index contributed by atoms with van der Waals surface area (Å²) in [5, 5.41) is 8.18. The fourth-order valence-electron chi connectivity index (χ4n) is 2.52. The molecule has 7 nitrogen and oxygen atoms in total. The molecule has 0 unspecified atom stereocenters. The lowest BCUT2D eigenvalue weighted by Crippen LogP contribution is -2.39. The number of aromatic nitrogens is 5. The van der Waals surface area contributed by atoms with Gasteiger partial charge in [0.2, 0.25) is 0 Å². The molecule has 0 aliphatic carbocycles. The smallest absolute Gasteiger partial charge is 0.257 e. The first-order chi connectivity index (χ1) is 9.65. The maximum atomic E-state index is 12.3. The number of rotatable bonds is 3. The fourth-order valence-corrected chi connectivity index (χ4v) is 2.52. The highest BCUT2D eigenvalue weighted by Crippen LogP contribution is 2.13. The minimum absolute atomic E-state index is 0.0782. The molecule has 2 aromatic heterocycles. The van der Waals surface area contributed by atoms with Crippen molar-refractivity contribution in [2.75, 3.05) is 13.1 Å². The standard InChI is InChI=1S/C13H18N6O/c1-10-16-12-3-6-18(7-8-19-14-4-5-15-19)9-11(12)13(20)17(10)2/h4-5H,3,6-9H2,1-2H3. The van der Waals surface area contributed by atoms with Gasteiger partial charge in [0, 0.05) is 33.1 Å². The zero-order chi connectivity index (χ0) is 14.1. The van der Waals surface area contributed by atoms with Crippen LogP contribution in [0.4, 0.5) is 0 Å². The number of aryl methyl sites for hydroxylation is 1. The molecule has 0 saturated heterocycles. The number of fused-ring (bicyclic) bond motifs is 1. The molecule has 3 rings (SSSR count). The summed E-state index contributed by atoms with van der Waals surface area (Å²) in [5.41, 5.74) is 1.87. The van der Waals surface area contributed by atoms with Crippen LogP contribution < -0.4 is 5.56 Å².